The van der Waals surface area contributed by atoms with Gasteiger partial charge in [0.05, 0.1) is 4.92 Å². The number of thiol groups is 1. The van der Waals surface area contributed by atoms with E-state index in [1.807, 2.05) is 0 Å². The zero-order valence-corrected chi connectivity index (χ0v) is 8.72. The van der Waals surface area contributed by atoms with Gasteiger partial charge in [-0.05, 0) is 34.5 Å². The van der Waals surface area contributed by atoms with Gasteiger partial charge in [0.25, 0.3) is 5.69 Å². The molecular formula is C7H6BrNO2S. The predicted molar refractivity (Wildman–Crippen MR) is 52.8 cm³/mol. The summed E-state index contributed by atoms with van der Waals surface area (Å²) in [5, 5.41) is 10.5. The summed E-state index contributed by atoms with van der Waals surface area (Å²) in [4.78, 5) is 10.6. The number of nitro groups is 1. The van der Waals surface area contributed by atoms with Crippen molar-refractivity contribution in [1.29, 1.82) is 0 Å². The molecule has 5 heteroatoms. The van der Waals surface area contributed by atoms with Gasteiger partial charge in [-0.25, -0.2) is 0 Å². The minimum Gasteiger partial charge on any atom is -0.258 e. The van der Waals surface area contributed by atoms with Crippen molar-refractivity contribution in [2.45, 2.75) is 11.8 Å². The summed E-state index contributed by atoms with van der Waals surface area (Å²) in [6.07, 6.45) is 0. The molecule has 0 unspecified atom stereocenters. The van der Waals surface area contributed by atoms with E-state index in [9.17, 15) is 10.1 Å². The van der Waals surface area contributed by atoms with Crippen LogP contribution in [0.15, 0.2) is 21.5 Å². The van der Waals surface area contributed by atoms with Crippen molar-refractivity contribution in [1.82, 2.24) is 0 Å². The maximum atomic E-state index is 10.5. The van der Waals surface area contributed by atoms with E-state index in [-0.39, 0.29) is 5.69 Å². The lowest BCUT2D eigenvalue weighted by atomic mass is 10.2. The van der Waals surface area contributed by atoms with Crippen LogP contribution < -0.4 is 0 Å². The van der Waals surface area contributed by atoms with E-state index in [1.54, 1.807) is 13.0 Å². The number of nitro benzene ring substituents is 1. The van der Waals surface area contributed by atoms with Gasteiger partial charge in [-0.3, -0.25) is 10.1 Å². The number of hydrogen-bond donors (Lipinski definition) is 1. The first-order valence-electron chi connectivity index (χ1n) is 3.16. The molecule has 0 aliphatic rings. The van der Waals surface area contributed by atoms with Crippen LogP contribution in [-0.4, -0.2) is 4.92 Å². The van der Waals surface area contributed by atoms with Gasteiger partial charge in [0.15, 0.2) is 0 Å². The van der Waals surface area contributed by atoms with Crippen LogP contribution in [-0.2, 0) is 0 Å². The first kappa shape index (κ1) is 9.54. The topological polar surface area (TPSA) is 43.1 Å². The monoisotopic (exact) mass is 247 g/mol. The fraction of sp³-hybridized carbons (Fsp3) is 0.143. The van der Waals surface area contributed by atoms with Gasteiger partial charge in [-0.15, -0.1) is 12.6 Å². The number of aryl methyl sites for hydroxylation is 1. The summed E-state index contributed by atoms with van der Waals surface area (Å²) in [5.41, 5.74) is 0.884. The number of hydrogen-bond acceptors (Lipinski definition) is 3. The lowest BCUT2D eigenvalue weighted by molar-refractivity contribution is -0.385. The summed E-state index contributed by atoms with van der Waals surface area (Å²) in [5.74, 6) is 0. The van der Waals surface area contributed by atoms with Crippen molar-refractivity contribution >= 4 is 34.2 Å². The quantitative estimate of drug-likeness (QED) is 0.471. The van der Waals surface area contributed by atoms with Crippen LogP contribution in [0.1, 0.15) is 5.56 Å². The van der Waals surface area contributed by atoms with E-state index in [0.29, 0.717) is 9.37 Å². The van der Waals surface area contributed by atoms with Crippen molar-refractivity contribution in [3.8, 4) is 0 Å². The van der Waals surface area contributed by atoms with E-state index in [4.69, 9.17) is 0 Å². The van der Waals surface area contributed by atoms with Crippen molar-refractivity contribution in [3.05, 3.63) is 32.3 Å². The van der Waals surface area contributed by atoms with E-state index < -0.39 is 4.92 Å². The normalized spacial score (nSPS) is 9.92. The molecule has 0 aromatic heterocycles. The van der Waals surface area contributed by atoms with Crippen molar-refractivity contribution in [2.24, 2.45) is 0 Å². The lowest BCUT2D eigenvalue weighted by Crippen LogP contribution is -1.90. The van der Waals surface area contributed by atoms with E-state index >= 15 is 0 Å². The molecule has 0 fully saturated rings. The molecule has 0 N–H and O–H groups in total. The van der Waals surface area contributed by atoms with Crippen LogP contribution in [0.3, 0.4) is 0 Å². The first-order valence-corrected chi connectivity index (χ1v) is 4.40. The lowest BCUT2D eigenvalue weighted by Gasteiger charge is -2.00. The second-order valence-corrected chi connectivity index (χ2v) is 3.65. The number of halogens is 1. The second kappa shape index (κ2) is 3.45. The molecule has 1 rings (SSSR count). The Labute approximate surface area is 83.5 Å². The number of benzene rings is 1. The Hall–Kier alpha value is -0.550. The zero-order chi connectivity index (χ0) is 9.30. The molecule has 0 amide bonds. The predicted octanol–water partition coefficient (Wildman–Crippen LogP) is 2.95. The molecule has 0 atom stereocenters. The Morgan fingerprint density at radius 2 is 2.17 bits per heavy atom. The molecule has 0 saturated heterocycles. The summed E-state index contributed by atoms with van der Waals surface area (Å²) in [6, 6.07) is 3.27. The molecule has 0 aliphatic carbocycles. The molecule has 3 nitrogen and oxygen atoms in total. The largest absolute Gasteiger partial charge is 0.284 e. The van der Waals surface area contributed by atoms with Crippen molar-refractivity contribution < 1.29 is 4.92 Å². The maximum absolute atomic E-state index is 10.5. The van der Waals surface area contributed by atoms with Gasteiger partial charge in [0, 0.05) is 11.0 Å². The number of nitrogens with zero attached hydrogens (tertiary/aromatic N) is 1. The highest BCUT2D eigenvalue weighted by atomic mass is 79.9. The highest BCUT2D eigenvalue weighted by Gasteiger charge is 2.14. The van der Waals surface area contributed by atoms with E-state index in [2.05, 4.69) is 28.6 Å². The smallest absolute Gasteiger partial charge is 0.258 e. The van der Waals surface area contributed by atoms with Crippen LogP contribution in [0.4, 0.5) is 5.69 Å². The minimum absolute atomic E-state index is 0.0556. The molecule has 64 valence electrons. The third-order valence-corrected chi connectivity index (χ3v) is 2.87. The molecule has 0 radical (unpaired) electrons. The van der Waals surface area contributed by atoms with Crippen LogP contribution in [0.25, 0.3) is 0 Å². The van der Waals surface area contributed by atoms with Crippen molar-refractivity contribution in [3.63, 3.8) is 0 Å². The number of rotatable bonds is 1. The van der Waals surface area contributed by atoms with Crippen LogP contribution in [0, 0.1) is 17.0 Å². The van der Waals surface area contributed by atoms with Gasteiger partial charge >= 0.3 is 0 Å². The molecular weight excluding hydrogens is 242 g/mol. The Kier molecular flexibility index (Phi) is 2.74. The second-order valence-electron chi connectivity index (χ2n) is 2.37. The summed E-state index contributed by atoms with van der Waals surface area (Å²) in [7, 11) is 0. The molecule has 0 aliphatic heterocycles. The highest BCUT2D eigenvalue weighted by molar-refractivity contribution is 9.10. The van der Waals surface area contributed by atoms with Crippen LogP contribution in [0.2, 0.25) is 0 Å². The SMILES string of the molecule is Cc1cc(S)c(Br)c([N+](=O)[O-])c1. The summed E-state index contributed by atoms with van der Waals surface area (Å²) in [6.45, 7) is 1.79. The zero-order valence-electron chi connectivity index (χ0n) is 6.24. The Morgan fingerprint density at radius 1 is 1.58 bits per heavy atom. The highest BCUT2D eigenvalue weighted by Crippen LogP contribution is 2.31. The molecule has 0 bridgehead atoms. The van der Waals surface area contributed by atoms with E-state index in [1.165, 1.54) is 6.07 Å². The standard InChI is InChI=1S/C7H6BrNO2S/c1-4-2-5(9(10)11)7(8)6(12)3-4/h2-3,12H,1H3. The van der Waals surface area contributed by atoms with Crippen molar-refractivity contribution in [2.75, 3.05) is 0 Å². The van der Waals surface area contributed by atoms with Gasteiger partial charge in [0.1, 0.15) is 4.47 Å². The Morgan fingerprint density at radius 3 is 2.67 bits per heavy atom. The van der Waals surface area contributed by atoms with E-state index in [0.717, 1.165) is 5.56 Å². The fourth-order valence-corrected chi connectivity index (χ4v) is 1.56. The fourth-order valence-electron chi connectivity index (χ4n) is 0.864. The third kappa shape index (κ3) is 1.78. The van der Waals surface area contributed by atoms with Gasteiger partial charge in [-0.2, -0.15) is 0 Å². The van der Waals surface area contributed by atoms with Crippen LogP contribution >= 0.6 is 28.6 Å². The van der Waals surface area contributed by atoms with Gasteiger partial charge < -0.3 is 0 Å². The average Bonchev–Trinajstić information content (AvgIpc) is 1.96. The van der Waals surface area contributed by atoms with Crippen LogP contribution in [0.5, 0.6) is 0 Å². The minimum atomic E-state index is -0.434. The molecule has 0 heterocycles. The molecule has 12 heavy (non-hydrogen) atoms. The van der Waals surface area contributed by atoms with Gasteiger partial charge in [-0.1, -0.05) is 0 Å². The maximum Gasteiger partial charge on any atom is 0.284 e. The third-order valence-electron chi connectivity index (χ3n) is 1.38. The molecule has 1 aromatic carbocycles. The molecule has 0 saturated carbocycles. The Balaban J connectivity index is 3.37. The average molecular weight is 248 g/mol. The molecule has 1 aromatic rings. The summed E-state index contributed by atoms with van der Waals surface area (Å²) >= 11 is 7.18. The summed E-state index contributed by atoms with van der Waals surface area (Å²) < 4.78 is 0.432. The Bertz CT molecular complexity index is 340. The first-order chi connectivity index (χ1) is 5.52. The molecule has 0 spiro atoms. The van der Waals surface area contributed by atoms with Gasteiger partial charge in [0.2, 0.25) is 0 Å².